The molecule has 0 saturated heterocycles. The summed E-state index contributed by atoms with van der Waals surface area (Å²) in [6, 6.07) is -0.820. The summed E-state index contributed by atoms with van der Waals surface area (Å²) < 4.78 is 0. The Hall–Kier alpha value is -1.70. The molecule has 0 aliphatic rings. The molecular formula is C6H14N4O4. The summed E-state index contributed by atoms with van der Waals surface area (Å²) in [6.07, 6.45) is 0.956. The first-order valence-electron chi connectivity index (χ1n) is 3.74. The average Bonchev–Trinajstić information content (AvgIpc) is 2.15. The van der Waals surface area contributed by atoms with Crippen LogP contribution in [0.3, 0.4) is 0 Å². The lowest BCUT2D eigenvalue weighted by atomic mass is 10.2. The van der Waals surface area contributed by atoms with Crippen LogP contribution in [0.4, 0.5) is 0 Å². The molecule has 0 aliphatic heterocycles. The van der Waals surface area contributed by atoms with Crippen molar-refractivity contribution < 1.29 is 9.90 Å². The van der Waals surface area contributed by atoms with Gasteiger partial charge in [0.15, 0.2) is 5.96 Å². The first kappa shape index (κ1) is 14.8. The van der Waals surface area contributed by atoms with Crippen molar-refractivity contribution >= 4 is 11.9 Å². The van der Waals surface area contributed by atoms with Crippen LogP contribution in [0.25, 0.3) is 0 Å². The first-order valence-corrected chi connectivity index (χ1v) is 3.74. The largest absolute Gasteiger partial charge is 0.480 e. The molecule has 8 heteroatoms. The summed E-state index contributed by atoms with van der Waals surface area (Å²) in [5, 5.41) is 8.38. The maximum atomic E-state index is 10.2. The van der Waals surface area contributed by atoms with E-state index in [1.807, 2.05) is 0 Å². The van der Waals surface area contributed by atoms with Crippen molar-refractivity contribution in [2.45, 2.75) is 18.9 Å². The van der Waals surface area contributed by atoms with Crippen LogP contribution >= 0.6 is 0 Å². The Bertz CT molecular complexity index is 192. The fraction of sp³-hybridized carbons (Fsp3) is 0.667. The standard InChI is InChI=1S/C6H14N4O2.O2/c7-4(5(11)12)2-1-3-10-6(8)9;1-2/h4H,1-3,7H2,(H,11,12)(H4,8,9,10);. The fourth-order valence-corrected chi connectivity index (χ4v) is 0.643. The quantitative estimate of drug-likeness (QED) is 0.242. The van der Waals surface area contributed by atoms with Crippen molar-refractivity contribution in [2.75, 3.05) is 6.54 Å². The zero-order valence-electron chi connectivity index (χ0n) is 7.55. The minimum Gasteiger partial charge on any atom is -0.480 e. The van der Waals surface area contributed by atoms with Gasteiger partial charge in [-0.15, -0.1) is 0 Å². The highest BCUT2D eigenvalue weighted by Crippen LogP contribution is 1.94. The molecule has 0 aromatic carbocycles. The van der Waals surface area contributed by atoms with Crippen molar-refractivity contribution in [1.82, 2.24) is 0 Å². The Kier molecular flexibility index (Phi) is 9.93. The lowest BCUT2D eigenvalue weighted by Crippen LogP contribution is -2.30. The molecule has 0 radical (unpaired) electrons. The summed E-state index contributed by atoms with van der Waals surface area (Å²) >= 11 is 0. The van der Waals surface area contributed by atoms with Gasteiger partial charge in [-0.25, -0.2) is 0 Å². The average molecular weight is 206 g/mol. The summed E-state index contributed by atoms with van der Waals surface area (Å²) in [7, 11) is 0. The van der Waals surface area contributed by atoms with Gasteiger partial charge in [-0.05, 0) is 12.8 Å². The number of aliphatic imine (C=N–C) groups is 1. The second-order valence-corrected chi connectivity index (χ2v) is 2.39. The molecule has 0 aromatic rings. The number of hydrogen-bond donors (Lipinski definition) is 4. The number of carboxylic acids is 1. The molecule has 8 nitrogen and oxygen atoms in total. The van der Waals surface area contributed by atoms with Crippen LogP contribution in [0.15, 0.2) is 4.99 Å². The van der Waals surface area contributed by atoms with E-state index < -0.39 is 12.0 Å². The molecule has 0 saturated carbocycles. The van der Waals surface area contributed by atoms with Crippen molar-refractivity contribution in [3.63, 3.8) is 0 Å². The molecular weight excluding hydrogens is 192 g/mol. The maximum absolute atomic E-state index is 10.2. The Balaban J connectivity index is 0. The van der Waals surface area contributed by atoms with Crippen LogP contribution in [0.5, 0.6) is 0 Å². The van der Waals surface area contributed by atoms with E-state index in [1.165, 1.54) is 0 Å². The number of hydrogen-bond acceptors (Lipinski definition) is 5. The number of nitrogens with zero attached hydrogens (tertiary/aromatic N) is 1. The van der Waals surface area contributed by atoms with Crippen LogP contribution in [-0.2, 0) is 4.79 Å². The van der Waals surface area contributed by atoms with E-state index >= 15 is 0 Å². The Morgan fingerprint density at radius 2 is 1.86 bits per heavy atom. The molecule has 7 N–H and O–H groups in total. The highest BCUT2D eigenvalue weighted by Gasteiger charge is 2.09. The molecule has 0 fully saturated rings. The SMILES string of the molecule is NC(N)=NCCCC(N)C(=O)O.O=O. The number of rotatable bonds is 5. The van der Waals surface area contributed by atoms with Crippen LogP contribution in [0.1, 0.15) is 12.8 Å². The van der Waals surface area contributed by atoms with E-state index in [4.69, 9.17) is 32.2 Å². The topological polar surface area (TPSA) is 162 Å². The van der Waals surface area contributed by atoms with Gasteiger partial charge in [-0.3, -0.25) is 9.79 Å². The smallest absolute Gasteiger partial charge is 0.320 e. The lowest BCUT2D eigenvalue weighted by Gasteiger charge is -2.03. The summed E-state index contributed by atoms with van der Waals surface area (Å²) in [5.74, 6) is -0.987. The van der Waals surface area contributed by atoms with Gasteiger partial charge < -0.3 is 22.3 Å². The minimum absolute atomic E-state index is 0.0129. The number of nitrogens with two attached hydrogens (primary N) is 3. The second kappa shape index (κ2) is 9.39. The Morgan fingerprint density at radius 1 is 1.36 bits per heavy atom. The number of aliphatic carboxylic acids is 1. The molecule has 14 heavy (non-hydrogen) atoms. The number of carbonyl (C=O) groups is 1. The molecule has 0 amide bonds. The van der Waals surface area contributed by atoms with Crippen molar-refractivity contribution in [1.29, 1.82) is 0 Å². The number of carboxylic acid groups (broad SMARTS) is 1. The first-order chi connectivity index (χ1) is 6.54. The monoisotopic (exact) mass is 206 g/mol. The van der Waals surface area contributed by atoms with Gasteiger partial charge in [0, 0.05) is 16.5 Å². The normalized spacial score (nSPS) is 10.6. The van der Waals surface area contributed by atoms with Gasteiger partial charge in [0.25, 0.3) is 0 Å². The van der Waals surface area contributed by atoms with E-state index in [1.54, 1.807) is 0 Å². The third-order valence-corrected chi connectivity index (χ3v) is 1.28. The maximum Gasteiger partial charge on any atom is 0.320 e. The lowest BCUT2D eigenvalue weighted by molar-refractivity contribution is -0.138. The zero-order valence-corrected chi connectivity index (χ0v) is 7.55. The van der Waals surface area contributed by atoms with E-state index in [2.05, 4.69) is 4.99 Å². The predicted molar refractivity (Wildman–Crippen MR) is 52.3 cm³/mol. The van der Waals surface area contributed by atoms with Gasteiger partial charge in [-0.2, -0.15) is 0 Å². The van der Waals surface area contributed by atoms with E-state index in [-0.39, 0.29) is 5.96 Å². The van der Waals surface area contributed by atoms with E-state index in [0.29, 0.717) is 19.4 Å². The fourth-order valence-electron chi connectivity index (χ4n) is 0.643. The zero-order chi connectivity index (χ0) is 11.6. The molecule has 0 heterocycles. The van der Waals surface area contributed by atoms with Gasteiger partial charge in [0.05, 0.1) is 0 Å². The van der Waals surface area contributed by atoms with Gasteiger partial charge in [-0.1, -0.05) is 0 Å². The second-order valence-electron chi connectivity index (χ2n) is 2.39. The Labute approximate surface area is 80.4 Å². The van der Waals surface area contributed by atoms with Crippen molar-refractivity contribution in [2.24, 2.45) is 22.2 Å². The molecule has 1 unspecified atom stereocenters. The highest BCUT2D eigenvalue weighted by atomic mass is 16.7. The van der Waals surface area contributed by atoms with E-state index in [0.717, 1.165) is 0 Å². The minimum atomic E-state index is -1.00. The molecule has 82 valence electrons. The predicted octanol–water partition coefficient (Wildman–Crippen LogP) is -1.48. The van der Waals surface area contributed by atoms with Gasteiger partial charge >= 0.3 is 5.97 Å². The molecule has 0 rings (SSSR count). The molecule has 0 aromatic heterocycles. The summed E-state index contributed by atoms with van der Waals surface area (Å²) in [5.41, 5.74) is 15.3. The van der Waals surface area contributed by atoms with Crippen LogP contribution < -0.4 is 17.2 Å². The van der Waals surface area contributed by atoms with Crippen LogP contribution in [-0.4, -0.2) is 29.6 Å². The summed E-state index contributed by atoms with van der Waals surface area (Å²) in [4.78, 5) is 27.9. The third kappa shape index (κ3) is 10.3. The number of guanidine groups is 1. The van der Waals surface area contributed by atoms with Crippen LogP contribution in [0, 0.1) is 9.93 Å². The molecule has 1 atom stereocenters. The van der Waals surface area contributed by atoms with E-state index in [9.17, 15) is 4.79 Å². The van der Waals surface area contributed by atoms with Crippen molar-refractivity contribution in [3.8, 4) is 0 Å². The molecule has 0 aliphatic carbocycles. The summed E-state index contributed by atoms with van der Waals surface area (Å²) in [6.45, 7) is 0.420. The van der Waals surface area contributed by atoms with Gasteiger partial charge in [0.2, 0.25) is 0 Å². The molecule has 0 bridgehead atoms. The highest BCUT2D eigenvalue weighted by molar-refractivity contribution is 5.75. The van der Waals surface area contributed by atoms with Crippen LogP contribution in [0.2, 0.25) is 0 Å². The molecule has 0 spiro atoms. The van der Waals surface area contributed by atoms with Crippen molar-refractivity contribution in [3.05, 3.63) is 9.93 Å². The van der Waals surface area contributed by atoms with Gasteiger partial charge in [0.1, 0.15) is 6.04 Å². The third-order valence-electron chi connectivity index (χ3n) is 1.28. The Morgan fingerprint density at radius 3 is 2.21 bits per heavy atom.